The van der Waals surface area contributed by atoms with Crippen LogP contribution in [-0.2, 0) is 4.79 Å². The van der Waals surface area contributed by atoms with E-state index >= 15 is 0 Å². The molecule has 0 aromatic heterocycles. The van der Waals surface area contributed by atoms with Crippen molar-refractivity contribution in [2.45, 2.75) is 13.0 Å². The van der Waals surface area contributed by atoms with Gasteiger partial charge in [-0.25, -0.2) is 4.39 Å². The molecule has 1 unspecified atom stereocenters. The molecule has 0 spiro atoms. The minimum absolute atomic E-state index is 0.126. The van der Waals surface area contributed by atoms with Gasteiger partial charge in [-0.05, 0) is 24.6 Å². The third-order valence-corrected chi connectivity index (χ3v) is 2.23. The minimum atomic E-state index is -0.819. The topological polar surface area (TPSA) is 61.4 Å². The number of carbonyl (C=O) groups is 1. The molecule has 0 bridgehead atoms. The zero-order chi connectivity index (χ0) is 12.7. The van der Waals surface area contributed by atoms with Crippen molar-refractivity contribution in [2.24, 2.45) is 0 Å². The fourth-order valence-electron chi connectivity index (χ4n) is 1.41. The van der Waals surface area contributed by atoms with Crippen molar-refractivity contribution in [1.82, 2.24) is 10.6 Å². The van der Waals surface area contributed by atoms with Crippen molar-refractivity contribution in [3.8, 4) is 0 Å². The lowest BCUT2D eigenvalue weighted by atomic mass is 10.1. The molecule has 94 valence electrons. The maximum atomic E-state index is 12.9. The van der Waals surface area contributed by atoms with E-state index in [0.29, 0.717) is 12.1 Å². The van der Waals surface area contributed by atoms with Crippen LogP contribution < -0.4 is 10.6 Å². The number of amides is 1. The number of halogens is 1. The molecule has 4 nitrogen and oxygen atoms in total. The Kier molecular flexibility index (Phi) is 5.59. The van der Waals surface area contributed by atoms with Crippen LogP contribution in [0.3, 0.4) is 0 Å². The van der Waals surface area contributed by atoms with E-state index in [2.05, 4.69) is 10.6 Å². The van der Waals surface area contributed by atoms with Crippen LogP contribution in [0.1, 0.15) is 18.6 Å². The van der Waals surface area contributed by atoms with Crippen LogP contribution in [0.15, 0.2) is 24.3 Å². The summed E-state index contributed by atoms with van der Waals surface area (Å²) in [5.41, 5.74) is 0.494. The largest absolute Gasteiger partial charge is 0.387 e. The van der Waals surface area contributed by atoms with Crippen LogP contribution in [0, 0.1) is 5.82 Å². The SMILES string of the molecule is CCNC(=O)CNCC(O)c1cccc(F)c1. The minimum Gasteiger partial charge on any atom is -0.387 e. The quantitative estimate of drug-likeness (QED) is 0.682. The highest BCUT2D eigenvalue weighted by atomic mass is 19.1. The van der Waals surface area contributed by atoms with Crippen LogP contribution in [0.2, 0.25) is 0 Å². The van der Waals surface area contributed by atoms with Gasteiger partial charge in [0.05, 0.1) is 12.6 Å². The summed E-state index contributed by atoms with van der Waals surface area (Å²) in [6.45, 7) is 2.76. The van der Waals surface area contributed by atoms with Gasteiger partial charge in [0.1, 0.15) is 5.82 Å². The van der Waals surface area contributed by atoms with Gasteiger partial charge in [0.2, 0.25) is 5.91 Å². The molecular weight excluding hydrogens is 223 g/mol. The molecule has 1 amide bonds. The van der Waals surface area contributed by atoms with E-state index in [4.69, 9.17) is 0 Å². The molecule has 0 radical (unpaired) electrons. The molecule has 0 heterocycles. The molecule has 1 aromatic carbocycles. The number of carbonyl (C=O) groups excluding carboxylic acids is 1. The fourth-order valence-corrected chi connectivity index (χ4v) is 1.41. The van der Waals surface area contributed by atoms with Gasteiger partial charge in [-0.15, -0.1) is 0 Å². The molecule has 0 saturated heterocycles. The van der Waals surface area contributed by atoms with Gasteiger partial charge in [0.15, 0.2) is 0 Å². The maximum absolute atomic E-state index is 12.9. The van der Waals surface area contributed by atoms with E-state index in [1.165, 1.54) is 18.2 Å². The third kappa shape index (κ3) is 4.93. The maximum Gasteiger partial charge on any atom is 0.233 e. The molecule has 0 aliphatic carbocycles. The van der Waals surface area contributed by atoms with Gasteiger partial charge >= 0.3 is 0 Å². The number of hydrogen-bond acceptors (Lipinski definition) is 3. The lowest BCUT2D eigenvalue weighted by molar-refractivity contribution is -0.120. The Hall–Kier alpha value is -1.46. The molecule has 0 fully saturated rings. The normalized spacial score (nSPS) is 12.2. The monoisotopic (exact) mass is 240 g/mol. The Morgan fingerprint density at radius 3 is 2.94 bits per heavy atom. The average molecular weight is 240 g/mol. The molecule has 5 heteroatoms. The molecular formula is C12H17FN2O2. The summed E-state index contributed by atoms with van der Waals surface area (Å²) >= 11 is 0. The third-order valence-electron chi connectivity index (χ3n) is 2.23. The van der Waals surface area contributed by atoms with E-state index in [1.54, 1.807) is 6.07 Å². The lowest BCUT2D eigenvalue weighted by Crippen LogP contribution is -2.35. The molecule has 1 atom stereocenters. The predicted octanol–water partition coefficient (Wildman–Crippen LogP) is 0.585. The van der Waals surface area contributed by atoms with Crippen molar-refractivity contribution in [1.29, 1.82) is 0 Å². The van der Waals surface area contributed by atoms with E-state index < -0.39 is 6.10 Å². The van der Waals surface area contributed by atoms with Crippen molar-refractivity contribution < 1.29 is 14.3 Å². The van der Waals surface area contributed by atoms with E-state index in [-0.39, 0.29) is 24.8 Å². The Labute approximate surface area is 99.8 Å². The van der Waals surface area contributed by atoms with Crippen molar-refractivity contribution in [2.75, 3.05) is 19.6 Å². The predicted molar refractivity (Wildman–Crippen MR) is 62.9 cm³/mol. The number of hydrogen-bond donors (Lipinski definition) is 3. The number of benzene rings is 1. The second-order valence-electron chi connectivity index (χ2n) is 3.66. The summed E-state index contributed by atoms with van der Waals surface area (Å²) in [4.78, 5) is 11.1. The van der Waals surface area contributed by atoms with E-state index in [1.807, 2.05) is 6.92 Å². The Bertz CT molecular complexity index is 371. The Morgan fingerprint density at radius 1 is 1.53 bits per heavy atom. The highest BCUT2D eigenvalue weighted by Crippen LogP contribution is 2.12. The summed E-state index contributed by atoms with van der Waals surface area (Å²) in [6.07, 6.45) is -0.819. The first-order valence-corrected chi connectivity index (χ1v) is 5.54. The Morgan fingerprint density at radius 2 is 2.29 bits per heavy atom. The van der Waals surface area contributed by atoms with Gasteiger partial charge in [0.25, 0.3) is 0 Å². The molecule has 0 aliphatic rings. The molecule has 17 heavy (non-hydrogen) atoms. The summed E-state index contributed by atoms with van der Waals surface area (Å²) in [7, 11) is 0. The number of likely N-dealkylation sites (N-methyl/N-ethyl adjacent to an activating group) is 1. The van der Waals surface area contributed by atoms with Gasteiger partial charge < -0.3 is 15.7 Å². The Balaban J connectivity index is 2.35. The zero-order valence-corrected chi connectivity index (χ0v) is 9.74. The first-order chi connectivity index (χ1) is 8.13. The van der Waals surface area contributed by atoms with Crippen LogP contribution in [0.4, 0.5) is 4.39 Å². The zero-order valence-electron chi connectivity index (χ0n) is 9.74. The molecule has 1 aromatic rings. The highest BCUT2D eigenvalue weighted by molar-refractivity contribution is 5.77. The molecule has 0 saturated carbocycles. The second kappa shape index (κ2) is 6.98. The van der Waals surface area contributed by atoms with Crippen molar-refractivity contribution in [3.63, 3.8) is 0 Å². The summed E-state index contributed by atoms with van der Waals surface area (Å²) in [5, 5.41) is 15.2. The van der Waals surface area contributed by atoms with Gasteiger partial charge in [-0.3, -0.25) is 4.79 Å². The second-order valence-corrected chi connectivity index (χ2v) is 3.66. The summed E-state index contributed by atoms with van der Waals surface area (Å²) in [5.74, 6) is -0.510. The van der Waals surface area contributed by atoms with Crippen LogP contribution in [0.25, 0.3) is 0 Å². The summed E-state index contributed by atoms with van der Waals surface area (Å²) in [6, 6.07) is 5.77. The fraction of sp³-hybridized carbons (Fsp3) is 0.417. The van der Waals surface area contributed by atoms with Crippen LogP contribution >= 0.6 is 0 Å². The standard InChI is InChI=1S/C12H17FN2O2/c1-2-15-12(17)8-14-7-11(16)9-4-3-5-10(13)6-9/h3-6,11,14,16H,2,7-8H2,1H3,(H,15,17). The smallest absolute Gasteiger partial charge is 0.233 e. The lowest BCUT2D eigenvalue weighted by Gasteiger charge is -2.12. The average Bonchev–Trinajstić information content (AvgIpc) is 2.29. The number of aliphatic hydroxyl groups is 1. The molecule has 1 rings (SSSR count). The molecule has 0 aliphatic heterocycles. The highest BCUT2D eigenvalue weighted by Gasteiger charge is 2.08. The van der Waals surface area contributed by atoms with E-state index in [9.17, 15) is 14.3 Å². The molecule has 3 N–H and O–H groups in total. The number of aliphatic hydroxyl groups excluding tert-OH is 1. The van der Waals surface area contributed by atoms with E-state index in [0.717, 1.165) is 0 Å². The van der Waals surface area contributed by atoms with Crippen molar-refractivity contribution >= 4 is 5.91 Å². The van der Waals surface area contributed by atoms with Crippen LogP contribution in [0.5, 0.6) is 0 Å². The van der Waals surface area contributed by atoms with Gasteiger partial charge in [0, 0.05) is 13.1 Å². The van der Waals surface area contributed by atoms with Crippen molar-refractivity contribution in [3.05, 3.63) is 35.6 Å². The first-order valence-electron chi connectivity index (χ1n) is 5.54. The van der Waals surface area contributed by atoms with Gasteiger partial charge in [-0.2, -0.15) is 0 Å². The number of rotatable bonds is 6. The number of nitrogens with one attached hydrogen (secondary N) is 2. The first kappa shape index (κ1) is 13.6. The van der Waals surface area contributed by atoms with Crippen LogP contribution in [-0.4, -0.2) is 30.6 Å². The van der Waals surface area contributed by atoms with Gasteiger partial charge in [-0.1, -0.05) is 12.1 Å². The summed E-state index contributed by atoms with van der Waals surface area (Å²) < 4.78 is 12.9.